The maximum Gasteiger partial charge on any atom is 0.268 e. The number of rotatable bonds is 7. The lowest BCUT2D eigenvalue weighted by Gasteiger charge is -2.20. The van der Waals surface area contributed by atoms with Crippen LogP contribution in [0.2, 0.25) is 0 Å². The van der Waals surface area contributed by atoms with Gasteiger partial charge < -0.3 is 19.7 Å². The van der Waals surface area contributed by atoms with Crippen LogP contribution in [0.15, 0.2) is 90.3 Å². The molecule has 0 bridgehead atoms. The minimum Gasteiger partial charge on any atom is -0.493 e. The van der Waals surface area contributed by atoms with Crippen molar-refractivity contribution in [2.24, 2.45) is 0 Å². The first-order chi connectivity index (χ1) is 16.1. The predicted molar refractivity (Wildman–Crippen MR) is 131 cm³/mol. The van der Waals surface area contributed by atoms with E-state index in [0.29, 0.717) is 39.1 Å². The Morgan fingerprint density at radius 3 is 2.24 bits per heavy atom. The van der Waals surface area contributed by atoms with Crippen molar-refractivity contribution in [1.29, 1.82) is 0 Å². The highest BCUT2D eigenvalue weighted by molar-refractivity contribution is 7.12. The van der Waals surface area contributed by atoms with Crippen LogP contribution in [0, 0.1) is 0 Å². The lowest BCUT2D eigenvalue weighted by atomic mass is 10.1. The van der Waals surface area contributed by atoms with Gasteiger partial charge in [0.2, 0.25) is 0 Å². The number of carbonyl (C=O) groups excluding carboxylic acids is 2. The average molecular weight is 459 g/mol. The van der Waals surface area contributed by atoms with E-state index in [1.54, 1.807) is 68.8 Å². The minimum absolute atomic E-state index is 0.164. The fourth-order valence-electron chi connectivity index (χ4n) is 3.27. The Labute approximate surface area is 196 Å². The van der Waals surface area contributed by atoms with Crippen LogP contribution in [0.3, 0.4) is 0 Å². The number of ether oxygens (including phenoxy) is 2. The third kappa shape index (κ3) is 5.05. The molecule has 0 aliphatic carbocycles. The number of carbonyl (C=O) groups is 2. The average Bonchev–Trinajstić information content (AvgIpc) is 3.40. The molecule has 0 radical (unpaired) electrons. The highest BCUT2D eigenvalue weighted by Gasteiger charge is 2.20. The summed E-state index contributed by atoms with van der Waals surface area (Å²) in [6.07, 6.45) is 0. The molecule has 7 heteroatoms. The molecule has 166 valence electrons. The molecule has 1 aromatic heterocycles. The Balaban J connectivity index is 1.48. The van der Waals surface area contributed by atoms with Gasteiger partial charge in [-0.2, -0.15) is 0 Å². The van der Waals surface area contributed by atoms with Crippen LogP contribution in [-0.4, -0.2) is 26.0 Å². The molecule has 0 fully saturated rings. The molecule has 1 heterocycles. The Hall–Kier alpha value is -4.10. The van der Waals surface area contributed by atoms with Gasteiger partial charge in [-0.25, -0.2) is 0 Å². The van der Waals surface area contributed by atoms with Crippen LogP contribution in [0.5, 0.6) is 17.2 Å². The highest BCUT2D eigenvalue weighted by Crippen LogP contribution is 2.31. The fourth-order valence-corrected chi connectivity index (χ4v) is 3.97. The lowest BCUT2D eigenvalue weighted by Crippen LogP contribution is -2.28. The van der Waals surface area contributed by atoms with Gasteiger partial charge in [-0.15, -0.1) is 11.3 Å². The second-order valence-corrected chi connectivity index (χ2v) is 8.04. The van der Waals surface area contributed by atoms with Crippen LogP contribution in [0.1, 0.15) is 20.0 Å². The van der Waals surface area contributed by atoms with Gasteiger partial charge in [0.25, 0.3) is 11.8 Å². The molecular formula is C26H22N2O4S. The maximum atomic E-state index is 13.0. The van der Waals surface area contributed by atoms with Crippen molar-refractivity contribution in [2.75, 3.05) is 24.4 Å². The number of nitrogens with one attached hydrogen (secondary N) is 1. The molecule has 0 atom stereocenters. The SMILES string of the molecule is COc1ccccc1Oc1ccc(NC(=O)c2ccccc2N(C)C(=O)c2cccs2)cc1. The van der Waals surface area contributed by atoms with Gasteiger partial charge in [-0.1, -0.05) is 30.3 Å². The zero-order valence-corrected chi connectivity index (χ0v) is 19.0. The largest absolute Gasteiger partial charge is 0.493 e. The standard InChI is InChI=1S/C26H22N2O4S/c1-28(26(30)24-12-7-17-33-24)21-9-4-3-8-20(21)25(29)27-18-13-15-19(16-14-18)32-23-11-6-5-10-22(23)31-2/h3-17H,1-2H3,(H,27,29). The van der Waals surface area contributed by atoms with Gasteiger partial charge >= 0.3 is 0 Å². The van der Waals surface area contributed by atoms with Crippen LogP contribution in [0.4, 0.5) is 11.4 Å². The van der Waals surface area contributed by atoms with E-state index in [2.05, 4.69) is 5.32 Å². The third-order valence-electron chi connectivity index (χ3n) is 4.96. The Morgan fingerprint density at radius 2 is 1.55 bits per heavy atom. The summed E-state index contributed by atoms with van der Waals surface area (Å²) in [7, 11) is 3.25. The van der Waals surface area contributed by atoms with Crippen molar-refractivity contribution in [3.63, 3.8) is 0 Å². The summed E-state index contributed by atoms with van der Waals surface area (Å²) in [5.41, 5.74) is 1.54. The summed E-state index contributed by atoms with van der Waals surface area (Å²) in [6, 6.07) is 25.0. The zero-order valence-electron chi connectivity index (χ0n) is 18.1. The Bertz CT molecular complexity index is 1250. The molecule has 3 aromatic carbocycles. The smallest absolute Gasteiger partial charge is 0.268 e. The summed E-state index contributed by atoms with van der Waals surface area (Å²) in [6.45, 7) is 0. The van der Waals surface area contributed by atoms with Crippen molar-refractivity contribution in [2.45, 2.75) is 0 Å². The first kappa shape index (κ1) is 22.1. The van der Waals surface area contributed by atoms with Gasteiger partial charge in [0.1, 0.15) is 5.75 Å². The summed E-state index contributed by atoms with van der Waals surface area (Å²) >= 11 is 1.36. The van der Waals surface area contributed by atoms with Crippen LogP contribution in [-0.2, 0) is 0 Å². The van der Waals surface area contributed by atoms with Crippen LogP contribution in [0.25, 0.3) is 0 Å². The zero-order chi connectivity index (χ0) is 23.2. The quantitative estimate of drug-likeness (QED) is 0.365. The number of methoxy groups -OCH3 is 1. The number of benzene rings is 3. The monoisotopic (exact) mass is 458 g/mol. The van der Waals surface area contributed by atoms with Crippen molar-refractivity contribution in [3.05, 3.63) is 101 Å². The highest BCUT2D eigenvalue weighted by atomic mass is 32.1. The molecule has 4 aromatic rings. The summed E-state index contributed by atoms with van der Waals surface area (Å²) in [4.78, 5) is 27.9. The number of anilines is 2. The summed E-state index contributed by atoms with van der Waals surface area (Å²) < 4.78 is 11.2. The van der Waals surface area contributed by atoms with Crippen LogP contribution >= 0.6 is 11.3 Å². The Kier molecular flexibility index (Phi) is 6.71. The van der Waals surface area contributed by atoms with Crippen molar-refractivity contribution in [3.8, 4) is 17.2 Å². The first-order valence-corrected chi connectivity index (χ1v) is 11.1. The first-order valence-electron chi connectivity index (χ1n) is 10.2. The van der Waals surface area contributed by atoms with Gasteiger partial charge in [0.05, 0.1) is 23.2 Å². The van der Waals surface area contributed by atoms with E-state index in [0.717, 1.165) is 0 Å². The Morgan fingerprint density at radius 1 is 0.848 bits per heavy atom. The van der Waals surface area contributed by atoms with Crippen molar-refractivity contribution >= 4 is 34.5 Å². The van der Waals surface area contributed by atoms with Crippen LogP contribution < -0.4 is 19.7 Å². The topological polar surface area (TPSA) is 67.9 Å². The number of hydrogen-bond acceptors (Lipinski definition) is 5. The van der Waals surface area contributed by atoms with E-state index in [9.17, 15) is 9.59 Å². The van der Waals surface area contributed by atoms with Gasteiger partial charge in [-0.05, 0) is 60.0 Å². The number of amides is 2. The molecule has 0 unspecified atom stereocenters. The number of thiophene rings is 1. The number of nitrogens with zero attached hydrogens (tertiary/aromatic N) is 1. The molecule has 0 aliphatic rings. The van der Waals surface area contributed by atoms with E-state index in [1.165, 1.54) is 16.2 Å². The molecular weight excluding hydrogens is 436 g/mol. The summed E-state index contributed by atoms with van der Waals surface area (Å²) in [5, 5.41) is 4.73. The van der Waals surface area contributed by atoms with Crippen molar-refractivity contribution in [1.82, 2.24) is 0 Å². The second kappa shape index (κ2) is 10.0. The number of hydrogen-bond donors (Lipinski definition) is 1. The second-order valence-electron chi connectivity index (χ2n) is 7.09. The molecule has 2 amide bonds. The molecule has 33 heavy (non-hydrogen) atoms. The fraction of sp³-hybridized carbons (Fsp3) is 0.0769. The molecule has 6 nitrogen and oxygen atoms in total. The maximum absolute atomic E-state index is 13.0. The van der Waals surface area contributed by atoms with Gasteiger partial charge in [-0.3, -0.25) is 9.59 Å². The van der Waals surface area contributed by atoms with Crippen molar-refractivity contribution < 1.29 is 19.1 Å². The minimum atomic E-state index is -0.310. The number of para-hydroxylation sites is 3. The van der Waals surface area contributed by atoms with Gasteiger partial charge in [0.15, 0.2) is 11.5 Å². The lowest BCUT2D eigenvalue weighted by molar-refractivity contribution is 0.0996. The molecule has 1 N–H and O–H groups in total. The summed E-state index contributed by atoms with van der Waals surface area (Å²) in [5.74, 6) is 1.37. The third-order valence-corrected chi connectivity index (χ3v) is 5.81. The molecule has 0 spiro atoms. The van der Waals surface area contributed by atoms with E-state index in [-0.39, 0.29) is 11.8 Å². The van der Waals surface area contributed by atoms with E-state index in [1.807, 2.05) is 35.7 Å². The van der Waals surface area contributed by atoms with E-state index < -0.39 is 0 Å². The molecule has 0 saturated heterocycles. The van der Waals surface area contributed by atoms with E-state index >= 15 is 0 Å². The molecule has 4 rings (SSSR count). The predicted octanol–water partition coefficient (Wildman–Crippen LogP) is 6.08. The van der Waals surface area contributed by atoms with E-state index in [4.69, 9.17) is 9.47 Å². The van der Waals surface area contributed by atoms with Gasteiger partial charge in [0, 0.05) is 12.7 Å². The molecule has 0 aliphatic heterocycles. The molecule has 0 saturated carbocycles. The normalized spacial score (nSPS) is 10.4.